The highest BCUT2D eigenvalue weighted by Crippen LogP contribution is 2.47. The summed E-state index contributed by atoms with van der Waals surface area (Å²) >= 11 is 1.39. The van der Waals surface area contributed by atoms with Gasteiger partial charge in [-0.3, -0.25) is 19.6 Å². The lowest BCUT2D eigenvalue weighted by Gasteiger charge is -2.39. The number of anilines is 1. The Bertz CT molecular complexity index is 1440. The number of thiazole rings is 1. The van der Waals surface area contributed by atoms with E-state index in [-0.39, 0.29) is 17.1 Å². The zero-order valence-corrected chi connectivity index (χ0v) is 21.6. The molecule has 1 atom stereocenters. The van der Waals surface area contributed by atoms with Crippen LogP contribution in [0.25, 0.3) is 10.2 Å². The number of allylic oxidation sites excluding steroid dienone is 3. The molecule has 3 aromatic rings. The van der Waals surface area contributed by atoms with Crippen molar-refractivity contribution in [2.75, 3.05) is 12.4 Å². The second kappa shape index (κ2) is 8.34. The number of nitrogens with zero attached hydrogens (tertiary/aromatic N) is 3. The molecule has 2 N–H and O–H groups in total. The zero-order valence-electron chi connectivity index (χ0n) is 20.8. The highest BCUT2D eigenvalue weighted by atomic mass is 32.1. The number of fused-ring (bicyclic) bond motifs is 1. The van der Waals surface area contributed by atoms with Gasteiger partial charge >= 0.3 is 0 Å². The minimum atomic E-state index is -0.488. The van der Waals surface area contributed by atoms with Gasteiger partial charge in [0.25, 0.3) is 5.91 Å². The van der Waals surface area contributed by atoms with Crippen LogP contribution in [0, 0.1) is 12.3 Å². The van der Waals surface area contributed by atoms with Gasteiger partial charge < -0.3 is 10.1 Å². The highest BCUT2D eigenvalue weighted by Gasteiger charge is 2.43. The van der Waals surface area contributed by atoms with Crippen LogP contribution < -0.4 is 15.4 Å². The maximum Gasteiger partial charge on any atom is 0.256 e. The molecule has 0 saturated carbocycles. The number of hydrogen-bond acceptors (Lipinski definition) is 7. The van der Waals surface area contributed by atoms with Crippen LogP contribution in [-0.2, 0) is 16.6 Å². The number of aromatic nitrogens is 3. The molecule has 1 aliphatic heterocycles. The highest BCUT2D eigenvalue weighted by molar-refractivity contribution is 7.22. The van der Waals surface area contributed by atoms with Gasteiger partial charge in [0.15, 0.2) is 10.9 Å². The summed E-state index contributed by atoms with van der Waals surface area (Å²) in [6, 6.07) is 5.61. The lowest BCUT2D eigenvalue weighted by Crippen LogP contribution is -2.39. The van der Waals surface area contributed by atoms with Crippen molar-refractivity contribution in [1.29, 1.82) is 0 Å². The molecule has 0 bridgehead atoms. The molecule has 2 aromatic heterocycles. The lowest BCUT2D eigenvalue weighted by molar-refractivity contribution is -0.118. The van der Waals surface area contributed by atoms with E-state index in [0.29, 0.717) is 22.7 Å². The Morgan fingerprint density at radius 2 is 2.06 bits per heavy atom. The number of benzene rings is 1. The van der Waals surface area contributed by atoms with Crippen LogP contribution in [0.4, 0.5) is 5.13 Å². The Morgan fingerprint density at radius 1 is 1.29 bits per heavy atom. The number of dihydropyridines is 1. The van der Waals surface area contributed by atoms with Gasteiger partial charge in [-0.2, -0.15) is 5.10 Å². The SMILES string of the molecule is COc1ccc2nc(NC(=O)C3=C(C)NC4=C(C(=O)CC(C)(C)C4)C3c3cn(C)nc3C)sc2c1. The van der Waals surface area contributed by atoms with E-state index in [1.54, 1.807) is 11.8 Å². The van der Waals surface area contributed by atoms with Crippen molar-refractivity contribution in [3.63, 3.8) is 0 Å². The number of amides is 1. The molecule has 8 nitrogen and oxygen atoms in total. The predicted octanol–water partition coefficient (Wildman–Crippen LogP) is 4.59. The molecule has 35 heavy (non-hydrogen) atoms. The Hall–Kier alpha value is -3.46. The van der Waals surface area contributed by atoms with Crippen molar-refractivity contribution in [2.45, 2.75) is 46.5 Å². The average molecular weight is 492 g/mol. The number of hydrogen-bond donors (Lipinski definition) is 2. The summed E-state index contributed by atoms with van der Waals surface area (Å²) in [4.78, 5) is 31.8. The van der Waals surface area contributed by atoms with Crippen LogP contribution in [0.15, 0.2) is 46.9 Å². The van der Waals surface area contributed by atoms with Gasteiger partial charge in [0.1, 0.15) is 5.75 Å². The predicted molar refractivity (Wildman–Crippen MR) is 136 cm³/mol. The maximum atomic E-state index is 13.8. The van der Waals surface area contributed by atoms with Gasteiger partial charge in [-0.05, 0) is 43.9 Å². The Kier molecular flexibility index (Phi) is 5.55. The number of rotatable bonds is 4. The van der Waals surface area contributed by atoms with Gasteiger partial charge in [0.05, 0.1) is 23.0 Å². The summed E-state index contributed by atoms with van der Waals surface area (Å²) in [5.41, 5.74) is 5.15. The molecule has 1 aliphatic carbocycles. The minimum absolute atomic E-state index is 0.0712. The third-order valence-corrected chi connectivity index (χ3v) is 7.60. The summed E-state index contributed by atoms with van der Waals surface area (Å²) in [7, 11) is 3.47. The molecule has 5 rings (SSSR count). The fraction of sp³-hybridized carbons (Fsp3) is 0.385. The van der Waals surface area contributed by atoms with Gasteiger partial charge in [-0.25, -0.2) is 4.98 Å². The van der Waals surface area contributed by atoms with Gasteiger partial charge in [-0.15, -0.1) is 0 Å². The molecule has 0 radical (unpaired) electrons. The second-order valence-corrected chi connectivity index (χ2v) is 11.1. The maximum absolute atomic E-state index is 13.8. The fourth-order valence-corrected chi connectivity index (χ4v) is 6.09. The summed E-state index contributed by atoms with van der Waals surface area (Å²) in [5, 5.41) is 11.4. The molecule has 9 heteroatoms. The smallest absolute Gasteiger partial charge is 0.256 e. The van der Waals surface area contributed by atoms with Crippen molar-refractivity contribution in [2.24, 2.45) is 12.5 Å². The number of carbonyl (C=O) groups is 2. The molecular formula is C26H29N5O3S. The molecule has 2 aliphatic rings. The number of methoxy groups -OCH3 is 1. The first-order valence-corrected chi connectivity index (χ1v) is 12.4. The molecular weight excluding hydrogens is 462 g/mol. The molecule has 0 saturated heterocycles. The topological polar surface area (TPSA) is 98.1 Å². The van der Waals surface area contributed by atoms with E-state index in [9.17, 15) is 9.59 Å². The molecule has 1 aromatic carbocycles. The lowest BCUT2D eigenvalue weighted by atomic mass is 9.68. The van der Waals surface area contributed by atoms with E-state index in [0.717, 1.165) is 45.0 Å². The third kappa shape index (κ3) is 4.14. The second-order valence-electron chi connectivity index (χ2n) is 10.1. The van der Waals surface area contributed by atoms with Crippen molar-refractivity contribution in [3.8, 4) is 5.75 Å². The summed E-state index contributed by atoms with van der Waals surface area (Å²) in [6.45, 7) is 8.02. The molecule has 3 heterocycles. The number of ketones is 1. The number of carbonyl (C=O) groups excluding carboxylic acids is 2. The first-order valence-electron chi connectivity index (χ1n) is 11.6. The molecule has 0 spiro atoms. The van der Waals surface area contributed by atoms with E-state index in [4.69, 9.17) is 4.74 Å². The van der Waals surface area contributed by atoms with Crippen molar-refractivity contribution in [3.05, 3.63) is 58.2 Å². The quantitative estimate of drug-likeness (QED) is 0.554. The van der Waals surface area contributed by atoms with Gasteiger partial charge in [-0.1, -0.05) is 25.2 Å². The van der Waals surface area contributed by atoms with E-state index in [2.05, 4.69) is 34.6 Å². The summed E-state index contributed by atoms with van der Waals surface area (Å²) in [6.07, 6.45) is 3.10. The molecule has 1 unspecified atom stereocenters. The van der Waals surface area contributed by atoms with Crippen LogP contribution in [0.2, 0.25) is 0 Å². The normalized spacial score (nSPS) is 19.6. The van der Waals surface area contributed by atoms with E-state index >= 15 is 0 Å². The monoisotopic (exact) mass is 491 g/mol. The van der Waals surface area contributed by atoms with Crippen LogP contribution in [0.1, 0.15) is 50.8 Å². The fourth-order valence-electron chi connectivity index (χ4n) is 5.20. The van der Waals surface area contributed by atoms with Crippen LogP contribution in [0.5, 0.6) is 5.75 Å². The van der Waals surface area contributed by atoms with Crippen LogP contribution in [-0.4, -0.2) is 33.6 Å². The first kappa shape index (κ1) is 23.3. The number of Topliss-reactive ketones (excluding diaryl/α,β-unsaturated/α-hetero) is 1. The van der Waals surface area contributed by atoms with Crippen LogP contribution >= 0.6 is 11.3 Å². The van der Waals surface area contributed by atoms with Crippen molar-refractivity contribution < 1.29 is 14.3 Å². The van der Waals surface area contributed by atoms with Gasteiger partial charge in [0, 0.05) is 53.7 Å². The first-order chi connectivity index (χ1) is 16.6. The van der Waals surface area contributed by atoms with Crippen molar-refractivity contribution in [1.82, 2.24) is 20.1 Å². The van der Waals surface area contributed by atoms with Gasteiger partial charge in [0.2, 0.25) is 0 Å². The van der Waals surface area contributed by atoms with Crippen LogP contribution in [0.3, 0.4) is 0 Å². The third-order valence-electron chi connectivity index (χ3n) is 6.66. The minimum Gasteiger partial charge on any atom is -0.497 e. The number of aryl methyl sites for hydroxylation is 2. The average Bonchev–Trinajstić information content (AvgIpc) is 3.31. The van der Waals surface area contributed by atoms with E-state index < -0.39 is 5.92 Å². The molecule has 0 fully saturated rings. The Morgan fingerprint density at radius 3 is 2.74 bits per heavy atom. The molecule has 1 amide bonds. The zero-order chi connectivity index (χ0) is 25.1. The number of ether oxygens (including phenoxy) is 1. The summed E-state index contributed by atoms with van der Waals surface area (Å²) in [5.74, 6) is 0.0396. The molecule has 182 valence electrons. The van der Waals surface area contributed by atoms with E-state index in [1.165, 1.54) is 11.3 Å². The largest absolute Gasteiger partial charge is 0.497 e. The van der Waals surface area contributed by atoms with Crippen molar-refractivity contribution >= 4 is 38.4 Å². The Balaban J connectivity index is 1.57. The Labute approximate surface area is 208 Å². The van der Waals surface area contributed by atoms with E-state index in [1.807, 2.05) is 45.3 Å². The number of nitrogens with one attached hydrogen (secondary N) is 2. The standard InChI is InChI=1S/C26H29N5O3S/c1-13-16(12-31(5)30-13)22-21(14(2)27-18-10-26(3,4)11-19(32)23(18)22)24(33)29-25-28-17-8-7-15(34-6)9-20(17)35-25/h7-9,12,22,27H,10-11H2,1-6H3,(H,28,29,33). The summed E-state index contributed by atoms with van der Waals surface area (Å²) < 4.78 is 7.95.